The monoisotopic (exact) mass is 265 g/mol. The van der Waals surface area contributed by atoms with E-state index in [2.05, 4.69) is 0 Å². The van der Waals surface area contributed by atoms with Crippen LogP contribution < -0.4 is 15.2 Å². The summed E-state index contributed by atoms with van der Waals surface area (Å²) < 4.78 is 21.6. The number of ether oxygens (including phenoxy) is 4. The predicted molar refractivity (Wildman–Crippen MR) is 71.1 cm³/mol. The summed E-state index contributed by atoms with van der Waals surface area (Å²) in [6, 6.07) is 5.68. The third kappa shape index (κ3) is 2.46. The molecule has 1 unspecified atom stereocenters. The van der Waals surface area contributed by atoms with Crippen molar-refractivity contribution >= 4 is 0 Å². The second-order valence-electron chi connectivity index (χ2n) is 4.43. The molecule has 0 aliphatic carbocycles. The fraction of sp³-hybridized carbons (Fsp3) is 0.429. The lowest BCUT2D eigenvalue weighted by Gasteiger charge is -2.32. The molecule has 0 saturated carbocycles. The second-order valence-corrected chi connectivity index (χ2v) is 4.43. The first-order chi connectivity index (χ1) is 9.14. The molecule has 1 aromatic carbocycles. The Hall–Kier alpha value is -1.88. The van der Waals surface area contributed by atoms with Crippen LogP contribution in [0.15, 0.2) is 30.7 Å². The molecular weight excluding hydrogens is 246 g/mol. The molecule has 19 heavy (non-hydrogen) atoms. The number of methoxy groups -OCH3 is 2. The molecule has 1 aromatic rings. The van der Waals surface area contributed by atoms with Crippen molar-refractivity contribution in [3.8, 4) is 11.5 Å². The lowest BCUT2D eigenvalue weighted by atomic mass is 9.91. The lowest BCUT2D eigenvalue weighted by molar-refractivity contribution is -0.142. The fourth-order valence-corrected chi connectivity index (χ4v) is 2.24. The zero-order valence-electron chi connectivity index (χ0n) is 11.4. The third-order valence-electron chi connectivity index (χ3n) is 3.34. The Bertz CT molecular complexity index is 465. The van der Waals surface area contributed by atoms with Gasteiger partial charge >= 0.3 is 0 Å². The number of benzene rings is 1. The molecule has 0 spiro atoms. The van der Waals surface area contributed by atoms with Gasteiger partial charge in [0.1, 0.15) is 12.5 Å². The van der Waals surface area contributed by atoms with E-state index in [0.29, 0.717) is 18.0 Å². The highest BCUT2D eigenvalue weighted by Crippen LogP contribution is 2.38. The van der Waals surface area contributed by atoms with Crippen molar-refractivity contribution < 1.29 is 18.9 Å². The van der Waals surface area contributed by atoms with Gasteiger partial charge in [-0.15, -0.1) is 0 Å². The van der Waals surface area contributed by atoms with Crippen LogP contribution in [0.3, 0.4) is 0 Å². The van der Waals surface area contributed by atoms with Crippen LogP contribution in [0.25, 0.3) is 0 Å². The second kappa shape index (κ2) is 5.40. The van der Waals surface area contributed by atoms with E-state index in [4.69, 9.17) is 24.7 Å². The van der Waals surface area contributed by atoms with Gasteiger partial charge in [0.15, 0.2) is 11.5 Å². The van der Waals surface area contributed by atoms with Crippen LogP contribution in [0, 0.1) is 0 Å². The summed E-state index contributed by atoms with van der Waals surface area (Å²) in [4.78, 5) is 0. The Kier molecular flexibility index (Phi) is 3.85. The molecule has 0 bridgehead atoms. The smallest absolute Gasteiger partial charge is 0.255 e. The summed E-state index contributed by atoms with van der Waals surface area (Å²) >= 11 is 0. The molecule has 0 fully saturated rings. The molecule has 0 amide bonds. The van der Waals surface area contributed by atoms with Gasteiger partial charge in [0.2, 0.25) is 0 Å². The van der Waals surface area contributed by atoms with Gasteiger partial charge in [-0.1, -0.05) is 6.07 Å². The molecule has 1 aliphatic heterocycles. The Labute approximate surface area is 112 Å². The van der Waals surface area contributed by atoms with Crippen LogP contribution in [0.5, 0.6) is 11.5 Å². The molecule has 104 valence electrons. The maximum atomic E-state index is 5.87. The quantitative estimate of drug-likeness (QED) is 0.882. The maximum Gasteiger partial charge on any atom is 0.255 e. The first-order valence-electron chi connectivity index (χ1n) is 6.07. The highest BCUT2D eigenvalue weighted by atomic mass is 16.7. The minimum atomic E-state index is -0.783. The summed E-state index contributed by atoms with van der Waals surface area (Å²) in [5, 5.41) is 0. The van der Waals surface area contributed by atoms with Gasteiger partial charge in [-0.3, -0.25) is 0 Å². The molecule has 2 N–H and O–H groups in total. The highest BCUT2D eigenvalue weighted by molar-refractivity contribution is 5.44. The van der Waals surface area contributed by atoms with Gasteiger partial charge in [-0.05, 0) is 17.7 Å². The Balaban J connectivity index is 2.33. The fourth-order valence-electron chi connectivity index (χ4n) is 2.24. The van der Waals surface area contributed by atoms with E-state index in [-0.39, 0.29) is 5.92 Å². The van der Waals surface area contributed by atoms with E-state index in [1.54, 1.807) is 14.2 Å². The number of rotatable bonds is 5. The van der Waals surface area contributed by atoms with Gasteiger partial charge in [0.05, 0.1) is 20.1 Å². The average molecular weight is 265 g/mol. The normalized spacial score (nSPS) is 17.5. The summed E-state index contributed by atoms with van der Waals surface area (Å²) in [6.07, 6.45) is 3.06. The summed E-state index contributed by atoms with van der Waals surface area (Å²) in [7, 11) is 3.21. The van der Waals surface area contributed by atoms with Crippen molar-refractivity contribution in [2.24, 2.45) is 5.73 Å². The zero-order valence-corrected chi connectivity index (χ0v) is 11.4. The molecular formula is C14H19NO4. The number of hydrogen-bond acceptors (Lipinski definition) is 5. The van der Waals surface area contributed by atoms with Crippen LogP contribution in [0.2, 0.25) is 0 Å². The standard InChI is InChI=1S/C14H19NO4/c1-14(18-6-7-19-14)11(9-15)10-4-5-12(16-2)13(8-10)17-3/h4-8,11H,9,15H2,1-3H3. The van der Waals surface area contributed by atoms with E-state index in [1.165, 1.54) is 12.5 Å². The Morgan fingerprint density at radius 1 is 1.16 bits per heavy atom. The van der Waals surface area contributed by atoms with Crippen LogP contribution >= 0.6 is 0 Å². The molecule has 0 radical (unpaired) electrons. The Morgan fingerprint density at radius 3 is 2.32 bits per heavy atom. The minimum Gasteiger partial charge on any atom is -0.493 e. The van der Waals surface area contributed by atoms with E-state index in [1.807, 2.05) is 25.1 Å². The number of hydrogen-bond donors (Lipinski definition) is 1. The summed E-state index contributed by atoms with van der Waals surface area (Å²) in [5.74, 6) is 0.447. The van der Waals surface area contributed by atoms with Gasteiger partial charge in [-0.2, -0.15) is 0 Å². The molecule has 5 heteroatoms. The van der Waals surface area contributed by atoms with Gasteiger partial charge < -0.3 is 24.7 Å². The van der Waals surface area contributed by atoms with Crippen LogP contribution in [0.4, 0.5) is 0 Å². The topological polar surface area (TPSA) is 62.9 Å². The van der Waals surface area contributed by atoms with Crippen molar-refractivity contribution in [1.82, 2.24) is 0 Å². The van der Waals surface area contributed by atoms with E-state index >= 15 is 0 Å². The average Bonchev–Trinajstić information content (AvgIpc) is 2.86. The first kappa shape index (κ1) is 13.5. The van der Waals surface area contributed by atoms with Crippen molar-refractivity contribution in [2.45, 2.75) is 18.6 Å². The first-order valence-corrected chi connectivity index (χ1v) is 6.07. The molecule has 1 atom stereocenters. The highest BCUT2D eigenvalue weighted by Gasteiger charge is 2.40. The maximum absolute atomic E-state index is 5.87. The zero-order chi connectivity index (χ0) is 13.9. The van der Waals surface area contributed by atoms with Crippen LogP contribution in [0.1, 0.15) is 18.4 Å². The van der Waals surface area contributed by atoms with Gasteiger partial charge in [0.25, 0.3) is 5.79 Å². The third-order valence-corrected chi connectivity index (χ3v) is 3.34. The van der Waals surface area contributed by atoms with E-state index in [0.717, 1.165) is 5.56 Å². The molecule has 0 aromatic heterocycles. The molecule has 1 aliphatic rings. The van der Waals surface area contributed by atoms with Crippen molar-refractivity contribution in [1.29, 1.82) is 0 Å². The minimum absolute atomic E-state index is 0.109. The molecule has 1 heterocycles. The Morgan fingerprint density at radius 2 is 1.79 bits per heavy atom. The molecule has 0 saturated heterocycles. The molecule has 2 rings (SSSR count). The predicted octanol–water partition coefficient (Wildman–Crippen LogP) is 1.98. The SMILES string of the molecule is COc1ccc(C(CN)C2(C)OC=CO2)cc1OC. The summed E-state index contributed by atoms with van der Waals surface area (Å²) in [5.41, 5.74) is 6.85. The van der Waals surface area contributed by atoms with Crippen LogP contribution in [-0.4, -0.2) is 26.6 Å². The largest absolute Gasteiger partial charge is 0.493 e. The van der Waals surface area contributed by atoms with Gasteiger partial charge in [-0.25, -0.2) is 0 Å². The summed E-state index contributed by atoms with van der Waals surface area (Å²) in [6.45, 7) is 2.26. The lowest BCUT2D eigenvalue weighted by Crippen LogP contribution is -2.38. The van der Waals surface area contributed by atoms with E-state index < -0.39 is 5.79 Å². The molecule has 5 nitrogen and oxygen atoms in total. The van der Waals surface area contributed by atoms with Crippen molar-refractivity contribution in [3.05, 3.63) is 36.3 Å². The van der Waals surface area contributed by atoms with E-state index in [9.17, 15) is 0 Å². The van der Waals surface area contributed by atoms with Crippen molar-refractivity contribution in [3.63, 3.8) is 0 Å². The van der Waals surface area contributed by atoms with Crippen LogP contribution in [-0.2, 0) is 9.47 Å². The number of nitrogens with two attached hydrogens (primary N) is 1. The van der Waals surface area contributed by atoms with Gasteiger partial charge in [0, 0.05) is 13.5 Å². The van der Waals surface area contributed by atoms with Crippen molar-refractivity contribution in [2.75, 3.05) is 20.8 Å².